The molecule has 1 aromatic rings. The lowest BCUT2D eigenvalue weighted by Gasteiger charge is -2.19. The molecule has 3 N–H and O–H groups in total. The molecule has 0 aromatic heterocycles. The standard InChI is InChI=1S/C14H20BrN3O3S.ClH/c1-9-5-13(17-10(2)19)12(15)6-14(9)22(20,21)18-4-3-11(7-16)8-18;/h5-6,11H,3-4,7-8,16H2,1-2H3,(H,17,19);1H. The Bertz CT molecular complexity index is 697. The average molecular weight is 427 g/mol. The van der Waals surface area contributed by atoms with Crippen LogP contribution in [0.25, 0.3) is 0 Å². The van der Waals surface area contributed by atoms with Crippen molar-refractivity contribution >= 4 is 50.0 Å². The molecule has 1 aliphatic heterocycles. The molecule has 1 unspecified atom stereocenters. The molecule has 1 aromatic carbocycles. The summed E-state index contributed by atoms with van der Waals surface area (Å²) in [6.07, 6.45) is 0.792. The molecule has 130 valence electrons. The van der Waals surface area contributed by atoms with E-state index in [9.17, 15) is 13.2 Å². The maximum absolute atomic E-state index is 12.8. The maximum atomic E-state index is 12.8. The first-order valence-corrected chi connectivity index (χ1v) is 9.27. The van der Waals surface area contributed by atoms with Gasteiger partial charge in [-0.3, -0.25) is 4.79 Å². The van der Waals surface area contributed by atoms with Gasteiger partial charge in [-0.25, -0.2) is 8.42 Å². The van der Waals surface area contributed by atoms with Crippen molar-refractivity contribution in [3.05, 3.63) is 22.2 Å². The second-order valence-corrected chi connectivity index (χ2v) is 8.29. The highest BCUT2D eigenvalue weighted by molar-refractivity contribution is 9.10. The smallest absolute Gasteiger partial charge is 0.243 e. The van der Waals surface area contributed by atoms with Crippen LogP contribution < -0.4 is 11.1 Å². The second-order valence-electron chi connectivity index (χ2n) is 5.53. The molecule has 0 spiro atoms. The largest absolute Gasteiger partial charge is 0.330 e. The van der Waals surface area contributed by atoms with Gasteiger partial charge in [-0.2, -0.15) is 4.31 Å². The van der Waals surface area contributed by atoms with Gasteiger partial charge in [0.15, 0.2) is 0 Å². The highest BCUT2D eigenvalue weighted by atomic mass is 79.9. The van der Waals surface area contributed by atoms with Crippen molar-refractivity contribution in [3.8, 4) is 0 Å². The van der Waals surface area contributed by atoms with Gasteiger partial charge in [0.25, 0.3) is 0 Å². The van der Waals surface area contributed by atoms with E-state index in [1.807, 2.05) is 0 Å². The van der Waals surface area contributed by atoms with Crippen LogP contribution in [0.2, 0.25) is 0 Å². The van der Waals surface area contributed by atoms with Gasteiger partial charge in [0.1, 0.15) is 0 Å². The van der Waals surface area contributed by atoms with Crippen LogP contribution in [0.1, 0.15) is 18.9 Å². The molecule has 0 saturated carbocycles. The Labute approximate surface area is 151 Å². The SMILES string of the molecule is CC(=O)Nc1cc(C)c(S(=O)(=O)N2CCC(CN)C2)cc1Br.Cl. The fourth-order valence-corrected chi connectivity index (χ4v) is 4.93. The highest BCUT2D eigenvalue weighted by Crippen LogP contribution is 2.32. The molecule has 1 atom stereocenters. The van der Waals surface area contributed by atoms with Gasteiger partial charge < -0.3 is 11.1 Å². The number of halogens is 2. The zero-order chi connectivity index (χ0) is 16.5. The predicted molar refractivity (Wildman–Crippen MR) is 96.4 cm³/mol. The van der Waals surface area contributed by atoms with E-state index in [0.717, 1.165) is 6.42 Å². The van der Waals surface area contributed by atoms with E-state index in [2.05, 4.69) is 21.2 Å². The van der Waals surface area contributed by atoms with Crippen molar-refractivity contribution in [2.45, 2.75) is 25.2 Å². The molecule has 1 fully saturated rings. The summed E-state index contributed by atoms with van der Waals surface area (Å²) in [7, 11) is -3.55. The molecule has 23 heavy (non-hydrogen) atoms. The predicted octanol–water partition coefficient (Wildman–Crippen LogP) is 2.11. The number of sulfonamides is 1. The molecule has 6 nitrogen and oxygen atoms in total. The number of anilines is 1. The van der Waals surface area contributed by atoms with Gasteiger partial charge in [0.05, 0.1) is 10.6 Å². The first kappa shape index (κ1) is 20.4. The monoisotopic (exact) mass is 425 g/mol. The van der Waals surface area contributed by atoms with Gasteiger partial charge in [-0.05, 0) is 59.4 Å². The minimum absolute atomic E-state index is 0. The lowest BCUT2D eigenvalue weighted by atomic mass is 10.1. The number of hydrogen-bond donors (Lipinski definition) is 2. The van der Waals surface area contributed by atoms with Crippen LogP contribution in [-0.4, -0.2) is 38.3 Å². The van der Waals surface area contributed by atoms with Crippen LogP contribution in [-0.2, 0) is 14.8 Å². The number of benzene rings is 1. The summed E-state index contributed by atoms with van der Waals surface area (Å²) in [5, 5.41) is 2.67. The van der Waals surface area contributed by atoms with Gasteiger partial charge in [0.2, 0.25) is 15.9 Å². The fourth-order valence-electron chi connectivity index (χ4n) is 2.57. The van der Waals surface area contributed by atoms with Crippen molar-refractivity contribution in [2.24, 2.45) is 11.7 Å². The first-order valence-electron chi connectivity index (χ1n) is 7.03. The van der Waals surface area contributed by atoms with E-state index in [-0.39, 0.29) is 29.1 Å². The van der Waals surface area contributed by atoms with E-state index in [1.54, 1.807) is 19.1 Å². The minimum atomic E-state index is -3.55. The summed E-state index contributed by atoms with van der Waals surface area (Å²) in [6.45, 7) is 4.58. The van der Waals surface area contributed by atoms with Crippen LogP contribution in [0, 0.1) is 12.8 Å². The second kappa shape index (κ2) is 7.94. The van der Waals surface area contributed by atoms with Crippen molar-refractivity contribution in [3.63, 3.8) is 0 Å². The summed E-state index contributed by atoms with van der Waals surface area (Å²) in [5.41, 5.74) is 6.79. The molecular formula is C14H21BrClN3O3S. The minimum Gasteiger partial charge on any atom is -0.330 e. The maximum Gasteiger partial charge on any atom is 0.243 e. The number of rotatable bonds is 4. The molecule has 9 heteroatoms. The fraction of sp³-hybridized carbons (Fsp3) is 0.500. The zero-order valence-electron chi connectivity index (χ0n) is 13.0. The number of nitrogens with one attached hydrogen (secondary N) is 1. The first-order chi connectivity index (χ1) is 10.3. The Morgan fingerprint density at radius 1 is 1.48 bits per heavy atom. The van der Waals surface area contributed by atoms with E-state index in [1.165, 1.54) is 11.2 Å². The zero-order valence-corrected chi connectivity index (χ0v) is 16.2. The van der Waals surface area contributed by atoms with E-state index in [0.29, 0.717) is 35.4 Å². The van der Waals surface area contributed by atoms with Crippen molar-refractivity contribution in [1.29, 1.82) is 0 Å². The number of aryl methyl sites for hydroxylation is 1. The molecule has 1 heterocycles. The number of carbonyl (C=O) groups excluding carboxylic acids is 1. The number of carbonyl (C=O) groups is 1. The Morgan fingerprint density at radius 3 is 2.65 bits per heavy atom. The van der Waals surface area contributed by atoms with Crippen molar-refractivity contribution in [1.82, 2.24) is 4.31 Å². The molecule has 1 saturated heterocycles. The molecule has 0 aliphatic carbocycles. The average Bonchev–Trinajstić information content (AvgIpc) is 2.91. The number of nitrogens with zero attached hydrogens (tertiary/aromatic N) is 1. The Morgan fingerprint density at radius 2 is 2.13 bits per heavy atom. The third kappa shape index (κ3) is 4.45. The lowest BCUT2D eigenvalue weighted by Crippen LogP contribution is -2.30. The summed E-state index contributed by atoms with van der Waals surface area (Å²) >= 11 is 3.32. The van der Waals surface area contributed by atoms with Gasteiger partial charge in [0, 0.05) is 24.5 Å². The Kier molecular flexibility index (Phi) is 7.03. The van der Waals surface area contributed by atoms with Crippen LogP contribution >= 0.6 is 28.3 Å². The molecular weight excluding hydrogens is 406 g/mol. The number of amides is 1. The van der Waals surface area contributed by atoms with E-state index < -0.39 is 10.0 Å². The molecule has 2 rings (SSSR count). The number of nitrogens with two attached hydrogens (primary N) is 1. The van der Waals surface area contributed by atoms with Crippen LogP contribution in [0.3, 0.4) is 0 Å². The Hall–Kier alpha value is -0.670. The van der Waals surface area contributed by atoms with Crippen molar-refractivity contribution in [2.75, 3.05) is 25.0 Å². The van der Waals surface area contributed by atoms with Crippen LogP contribution in [0.15, 0.2) is 21.5 Å². The number of hydrogen-bond acceptors (Lipinski definition) is 4. The lowest BCUT2D eigenvalue weighted by molar-refractivity contribution is -0.114. The normalized spacial score (nSPS) is 18.5. The topological polar surface area (TPSA) is 92.5 Å². The van der Waals surface area contributed by atoms with Gasteiger partial charge >= 0.3 is 0 Å². The quantitative estimate of drug-likeness (QED) is 0.771. The molecule has 0 bridgehead atoms. The van der Waals surface area contributed by atoms with Crippen molar-refractivity contribution < 1.29 is 13.2 Å². The summed E-state index contributed by atoms with van der Waals surface area (Å²) < 4.78 is 27.6. The summed E-state index contributed by atoms with van der Waals surface area (Å²) in [5.74, 6) is 0.0122. The van der Waals surface area contributed by atoms with E-state index in [4.69, 9.17) is 5.73 Å². The van der Waals surface area contributed by atoms with Gasteiger partial charge in [-0.15, -0.1) is 12.4 Å². The highest BCUT2D eigenvalue weighted by Gasteiger charge is 2.33. The molecule has 0 radical (unpaired) electrons. The summed E-state index contributed by atoms with van der Waals surface area (Å²) in [6, 6.07) is 3.21. The van der Waals surface area contributed by atoms with E-state index >= 15 is 0 Å². The van der Waals surface area contributed by atoms with Gasteiger partial charge in [-0.1, -0.05) is 0 Å². The van der Waals surface area contributed by atoms with Crippen LogP contribution in [0.5, 0.6) is 0 Å². The molecule has 1 amide bonds. The summed E-state index contributed by atoms with van der Waals surface area (Å²) in [4.78, 5) is 11.4. The third-order valence-corrected chi connectivity index (χ3v) is 6.44. The van der Waals surface area contributed by atoms with Crippen LogP contribution in [0.4, 0.5) is 5.69 Å². The Balaban J connectivity index is 0.00000264. The molecule has 1 aliphatic rings. The third-order valence-electron chi connectivity index (χ3n) is 3.78.